The Labute approximate surface area is 434 Å². The second-order valence-electron chi connectivity index (χ2n) is 22.0. The zero-order valence-electron chi connectivity index (χ0n) is 41.9. The summed E-state index contributed by atoms with van der Waals surface area (Å²) < 4.78 is 54.9. The second-order valence-corrected chi connectivity index (χ2v) is 22.0. The third-order valence-electron chi connectivity index (χ3n) is 16.7. The molecule has 4 aliphatic carbocycles. The van der Waals surface area contributed by atoms with Gasteiger partial charge >= 0.3 is 11.9 Å². The lowest BCUT2D eigenvalue weighted by molar-refractivity contribution is -0.380. The summed E-state index contributed by atoms with van der Waals surface area (Å²) in [5.41, 5.74) is 0. The van der Waals surface area contributed by atoms with Crippen LogP contribution in [0.15, 0.2) is 24.3 Å². The average molecular weight is 1080 g/mol. The van der Waals surface area contributed by atoms with Crippen molar-refractivity contribution in [2.45, 2.75) is 237 Å². The molecule has 8 fully saturated rings. The van der Waals surface area contributed by atoms with Crippen LogP contribution in [0.3, 0.4) is 0 Å². The van der Waals surface area contributed by atoms with E-state index in [4.69, 9.17) is 42.6 Å². The summed E-state index contributed by atoms with van der Waals surface area (Å²) >= 11 is 0. The lowest BCUT2D eigenvalue weighted by atomic mass is 9.73. The maximum atomic E-state index is 13.0. The van der Waals surface area contributed by atoms with Crippen molar-refractivity contribution in [2.75, 3.05) is 19.8 Å². The van der Waals surface area contributed by atoms with E-state index in [0.29, 0.717) is 77.0 Å². The number of fused-ring (bicyclic) bond motifs is 1. The van der Waals surface area contributed by atoms with Gasteiger partial charge in [0.15, 0.2) is 18.9 Å². The molecule has 13 N–H and O–H groups in total. The fraction of sp³-hybridized carbons (Fsp3) is 0.882. The number of hydrogen-bond donors (Lipinski definition) is 13. The summed E-state index contributed by atoms with van der Waals surface area (Å²) in [6.07, 6.45) is -18.7. The summed E-state index contributed by atoms with van der Waals surface area (Å²) in [6, 6.07) is 0. The molecule has 428 valence electrons. The Morgan fingerprint density at radius 2 is 0.893 bits per heavy atom. The van der Waals surface area contributed by atoms with E-state index >= 15 is 0 Å². The Hall–Kier alpha value is -2.38. The molecule has 0 aromatic heterocycles. The van der Waals surface area contributed by atoms with Crippen LogP contribution < -0.4 is 0 Å². The average Bonchev–Trinajstić information content (AvgIpc) is 3.40. The SMILES string of the molecule is O=C(C=CC1CCC(O)CC1)OC[C@H]1O[C@@H](O[C@H]2[C@H](OC3CC4C(CC(O)CC4O[C@@H]4O[C@H](CO)[C@@H](O)[C@H](O)[C@H]4O)OC3C3CCC(O)CC3)O[C@H](COC(=O)C=CC3CCC(O)CC3)[C@@H](O)[C@@H]2O)[C@H](O)[C@@H](O)[C@@H]1O. The van der Waals surface area contributed by atoms with E-state index in [9.17, 15) is 76.0 Å². The Kier molecular flexibility index (Phi) is 20.9. The van der Waals surface area contributed by atoms with E-state index in [0.717, 1.165) is 0 Å². The molecule has 24 nitrogen and oxygen atoms in total. The van der Waals surface area contributed by atoms with Gasteiger partial charge in [-0.15, -0.1) is 0 Å². The molecule has 0 bridgehead atoms. The van der Waals surface area contributed by atoms with Crippen LogP contribution in [-0.2, 0) is 52.2 Å². The van der Waals surface area contributed by atoms with Gasteiger partial charge in [0.25, 0.3) is 0 Å². The molecule has 0 radical (unpaired) electrons. The number of aliphatic hydroxyl groups is 13. The van der Waals surface area contributed by atoms with Gasteiger partial charge in [0.1, 0.15) is 86.5 Å². The standard InChI is InChI=1S/C51H80O24/c52-20-34-39(59)42(62)45(65)49(72-34)70-32-18-29(56)17-31-30(32)19-33(47(69-31)25-7-13-28(55)14-8-25)71-51-48(44(64)41(61)36(74-51)22-68-38(58)16-6-24-3-11-27(54)12-4-24)75-50-46(66)43(63)40(60)35(73-50)21-67-37(57)15-5-23-1-9-26(53)10-2-23/h5-6,15-16,23-36,39-56,59-66H,1-4,7-14,17-22H2/t23?,24?,25?,26?,27?,28?,29?,30?,31?,32?,33?,34-,35-,36-,39-,40-,41-,42+,43+,44+,45-,46-,47?,48-,49-,50+,51-/m1/s1. The van der Waals surface area contributed by atoms with Crippen molar-refractivity contribution in [3.63, 3.8) is 0 Å². The molecule has 8 rings (SSSR count). The fourth-order valence-corrected chi connectivity index (χ4v) is 12.1. The highest BCUT2D eigenvalue weighted by atomic mass is 16.8. The predicted octanol–water partition coefficient (Wildman–Crippen LogP) is -3.02. The van der Waals surface area contributed by atoms with Crippen LogP contribution in [0, 0.1) is 23.7 Å². The molecule has 0 spiro atoms. The molecule has 8 aliphatic rings. The molecule has 75 heavy (non-hydrogen) atoms. The van der Waals surface area contributed by atoms with Crippen molar-refractivity contribution in [3.8, 4) is 0 Å². The minimum Gasteiger partial charge on any atom is -0.460 e. The molecule has 4 aliphatic heterocycles. The monoisotopic (exact) mass is 1080 g/mol. The van der Waals surface area contributed by atoms with Crippen LogP contribution in [0.2, 0.25) is 0 Å². The van der Waals surface area contributed by atoms with E-state index in [1.165, 1.54) is 12.2 Å². The summed E-state index contributed by atoms with van der Waals surface area (Å²) in [7, 11) is 0. The van der Waals surface area contributed by atoms with Gasteiger partial charge in [-0.05, 0) is 108 Å². The van der Waals surface area contributed by atoms with E-state index in [-0.39, 0.29) is 37.0 Å². The molecule has 24 heteroatoms. The third-order valence-corrected chi connectivity index (χ3v) is 16.7. The highest BCUT2D eigenvalue weighted by Gasteiger charge is 2.56. The first kappa shape index (κ1) is 58.8. The van der Waals surface area contributed by atoms with Gasteiger partial charge < -0.3 is 109 Å². The quantitative estimate of drug-likeness (QED) is 0.0540. The Balaban J connectivity index is 1.03. The number of carbonyl (C=O) groups is 2. The third kappa shape index (κ3) is 14.7. The number of esters is 2. The van der Waals surface area contributed by atoms with Crippen LogP contribution in [0.1, 0.15) is 96.3 Å². The first-order valence-electron chi connectivity index (χ1n) is 26.9. The van der Waals surface area contributed by atoms with Gasteiger partial charge in [-0.1, -0.05) is 12.2 Å². The Bertz CT molecular complexity index is 1850. The zero-order chi connectivity index (χ0) is 53.7. The van der Waals surface area contributed by atoms with Gasteiger partial charge in [0.2, 0.25) is 0 Å². The molecule has 0 aromatic rings. The lowest BCUT2D eigenvalue weighted by Crippen LogP contribution is -2.66. The van der Waals surface area contributed by atoms with E-state index in [2.05, 4.69) is 0 Å². The highest BCUT2D eigenvalue weighted by Crippen LogP contribution is 2.45. The number of ether oxygens (including phenoxy) is 9. The normalized spacial score (nSPS) is 48.0. The van der Waals surface area contributed by atoms with Crippen molar-refractivity contribution >= 4 is 11.9 Å². The summed E-state index contributed by atoms with van der Waals surface area (Å²) in [5.74, 6) is -2.37. The van der Waals surface area contributed by atoms with Gasteiger partial charge in [-0.2, -0.15) is 0 Å². The van der Waals surface area contributed by atoms with E-state index < -0.39 is 179 Å². The summed E-state index contributed by atoms with van der Waals surface area (Å²) in [6.45, 7) is -1.93. The first-order chi connectivity index (χ1) is 35.9. The zero-order valence-corrected chi connectivity index (χ0v) is 41.9. The number of rotatable bonds is 16. The molecular weight excluding hydrogens is 997 g/mol. The summed E-state index contributed by atoms with van der Waals surface area (Å²) in [5, 5.41) is 140. The number of hydrogen-bond acceptors (Lipinski definition) is 24. The Morgan fingerprint density at radius 1 is 0.440 bits per heavy atom. The van der Waals surface area contributed by atoms with Crippen molar-refractivity contribution in [3.05, 3.63) is 24.3 Å². The van der Waals surface area contributed by atoms with E-state index in [1.54, 1.807) is 12.2 Å². The van der Waals surface area contributed by atoms with Gasteiger partial charge in [0.05, 0.1) is 55.4 Å². The summed E-state index contributed by atoms with van der Waals surface area (Å²) in [4.78, 5) is 25.8. The van der Waals surface area contributed by atoms with Crippen molar-refractivity contribution in [2.24, 2.45) is 23.7 Å². The van der Waals surface area contributed by atoms with E-state index in [1.807, 2.05) is 0 Å². The van der Waals surface area contributed by atoms with Gasteiger partial charge in [-0.25, -0.2) is 9.59 Å². The number of aliphatic hydroxyl groups excluding tert-OH is 13. The largest absolute Gasteiger partial charge is 0.460 e. The maximum absolute atomic E-state index is 13.0. The highest BCUT2D eigenvalue weighted by molar-refractivity contribution is 5.82. The molecule has 4 saturated heterocycles. The second kappa shape index (κ2) is 26.7. The molecule has 6 unspecified atom stereocenters. The van der Waals surface area contributed by atoms with Crippen LogP contribution in [0.4, 0.5) is 0 Å². The van der Waals surface area contributed by atoms with Crippen molar-refractivity contribution in [1.82, 2.24) is 0 Å². The topological polar surface area (TPSA) is 380 Å². The lowest BCUT2D eigenvalue weighted by Gasteiger charge is -2.52. The molecule has 4 heterocycles. The molecular formula is C51H80O24. The fourth-order valence-electron chi connectivity index (χ4n) is 12.1. The van der Waals surface area contributed by atoms with Crippen LogP contribution in [0.25, 0.3) is 0 Å². The van der Waals surface area contributed by atoms with Crippen LogP contribution in [-0.4, -0.2) is 239 Å². The van der Waals surface area contributed by atoms with Crippen molar-refractivity contribution in [1.29, 1.82) is 0 Å². The first-order valence-corrected chi connectivity index (χ1v) is 26.9. The van der Waals surface area contributed by atoms with Gasteiger partial charge in [-0.3, -0.25) is 0 Å². The predicted molar refractivity (Wildman–Crippen MR) is 252 cm³/mol. The number of allylic oxidation sites excluding steroid dienone is 2. The Morgan fingerprint density at radius 3 is 1.43 bits per heavy atom. The van der Waals surface area contributed by atoms with Crippen LogP contribution >= 0.6 is 0 Å². The maximum Gasteiger partial charge on any atom is 0.330 e. The van der Waals surface area contributed by atoms with Crippen LogP contribution in [0.5, 0.6) is 0 Å². The number of carbonyl (C=O) groups excluding carboxylic acids is 2. The molecule has 0 aromatic carbocycles. The smallest absolute Gasteiger partial charge is 0.330 e. The minimum atomic E-state index is -1.99. The van der Waals surface area contributed by atoms with Gasteiger partial charge in [0, 0.05) is 24.5 Å². The molecule has 0 amide bonds. The molecule has 21 atom stereocenters. The molecule has 4 saturated carbocycles. The minimum absolute atomic E-state index is 0.00289. The van der Waals surface area contributed by atoms with Crippen molar-refractivity contribution < 1.29 is 119 Å².